The summed E-state index contributed by atoms with van der Waals surface area (Å²) in [4.78, 5) is 11.1. The number of rotatable bonds is 10. The van der Waals surface area contributed by atoms with E-state index in [1.54, 1.807) is 14.2 Å². The van der Waals surface area contributed by atoms with Gasteiger partial charge in [-0.2, -0.15) is 0 Å². The Labute approximate surface area is 214 Å². The highest BCUT2D eigenvalue weighted by Gasteiger charge is 2.39. The van der Waals surface area contributed by atoms with Gasteiger partial charge in [0, 0.05) is 48.3 Å². The Balaban J connectivity index is 1.68. The molecule has 3 unspecified atom stereocenters. The van der Waals surface area contributed by atoms with Crippen LogP contribution in [0.3, 0.4) is 0 Å². The standard InChI is InChI=1S/C26H28ClN4O5/c1-34-23-7-3-5-18(26(23)35-2)25-19-13-16(27)8-9-20(19)31-12-4-6-21(31)22(36-25)10-11-29-17(15-30-28)14-24(32)33/h3-9,12-13,15,18,22,25-26,29H,10-11,14H2,1-2H3,(H,32,33)/q-1/b17-15-/t18?,22?,25-,26?/m1/s1. The Hall–Kier alpha value is -3.40. The molecule has 190 valence electrons. The van der Waals surface area contributed by atoms with Gasteiger partial charge >= 0.3 is 5.97 Å². The van der Waals surface area contributed by atoms with E-state index in [1.807, 2.05) is 48.7 Å². The minimum absolute atomic E-state index is 0.192. The summed E-state index contributed by atoms with van der Waals surface area (Å²) in [5.74, 6) is -0.514. The van der Waals surface area contributed by atoms with E-state index in [-0.39, 0.29) is 24.5 Å². The molecule has 10 heteroatoms. The van der Waals surface area contributed by atoms with Crippen molar-refractivity contribution in [3.05, 3.63) is 94.2 Å². The molecule has 0 saturated carbocycles. The molecule has 2 N–H and O–H groups in total. The van der Waals surface area contributed by atoms with Gasteiger partial charge in [0.2, 0.25) is 0 Å². The van der Waals surface area contributed by atoms with Crippen LogP contribution in [-0.4, -0.2) is 42.5 Å². The number of nitrogens with zero attached hydrogens (tertiary/aromatic N) is 3. The third-order valence-electron chi connectivity index (χ3n) is 6.35. The number of benzene rings is 1. The van der Waals surface area contributed by atoms with Crippen LogP contribution in [0.4, 0.5) is 0 Å². The van der Waals surface area contributed by atoms with Crippen LogP contribution in [0.1, 0.15) is 36.3 Å². The molecule has 1 aliphatic carbocycles. The Morgan fingerprint density at radius 1 is 1.36 bits per heavy atom. The Morgan fingerprint density at radius 2 is 2.19 bits per heavy atom. The summed E-state index contributed by atoms with van der Waals surface area (Å²) in [6.07, 6.45) is 8.08. The Kier molecular flexibility index (Phi) is 8.25. The van der Waals surface area contributed by atoms with Crippen molar-refractivity contribution < 1.29 is 24.1 Å². The topological polar surface area (TPSA) is 117 Å². The summed E-state index contributed by atoms with van der Waals surface area (Å²) < 4.78 is 20.3. The van der Waals surface area contributed by atoms with Gasteiger partial charge in [-0.3, -0.25) is 4.79 Å². The van der Waals surface area contributed by atoms with E-state index in [0.717, 1.165) is 23.1 Å². The second kappa shape index (κ2) is 11.6. The second-order valence-corrected chi connectivity index (χ2v) is 8.94. The number of allylic oxidation sites excluding steroid dienone is 2. The first-order valence-electron chi connectivity index (χ1n) is 11.5. The molecule has 1 aromatic carbocycles. The van der Waals surface area contributed by atoms with E-state index >= 15 is 0 Å². The molecule has 9 nitrogen and oxygen atoms in total. The first kappa shape index (κ1) is 25.7. The highest BCUT2D eigenvalue weighted by molar-refractivity contribution is 6.30. The Morgan fingerprint density at radius 3 is 2.92 bits per heavy atom. The lowest BCUT2D eigenvalue weighted by molar-refractivity contribution is -0.136. The van der Waals surface area contributed by atoms with Crippen LogP contribution in [0.25, 0.3) is 11.2 Å². The predicted octanol–water partition coefficient (Wildman–Crippen LogP) is 5.29. The average Bonchev–Trinajstić information content (AvgIpc) is 3.30. The molecule has 2 heterocycles. The van der Waals surface area contributed by atoms with Crippen molar-refractivity contribution in [3.63, 3.8) is 0 Å². The molecule has 4 rings (SSSR count). The zero-order valence-corrected chi connectivity index (χ0v) is 20.8. The molecular formula is C26H28ClN4O5-. The number of halogens is 1. The third-order valence-corrected chi connectivity index (χ3v) is 6.59. The van der Waals surface area contributed by atoms with Crippen molar-refractivity contribution in [2.75, 3.05) is 20.8 Å². The summed E-state index contributed by atoms with van der Waals surface area (Å²) in [6, 6.07) is 9.73. The molecule has 4 atom stereocenters. The van der Waals surface area contributed by atoms with E-state index in [4.69, 9.17) is 36.4 Å². The monoisotopic (exact) mass is 511 g/mol. The van der Waals surface area contributed by atoms with E-state index in [2.05, 4.69) is 21.1 Å². The fourth-order valence-electron chi connectivity index (χ4n) is 4.81. The molecule has 0 amide bonds. The minimum atomic E-state index is -1.03. The lowest BCUT2D eigenvalue weighted by Crippen LogP contribution is -2.33. The normalized spacial score (nSPS) is 23.2. The smallest absolute Gasteiger partial charge is 0.309 e. The third kappa shape index (κ3) is 5.38. The molecule has 36 heavy (non-hydrogen) atoms. The van der Waals surface area contributed by atoms with Crippen molar-refractivity contribution in [3.8, 4) is 5.69 Å². The zero-order chi connectivity index (χ0) is 25.7. The number of carboxylic acid groups (broad SMARTS) is 1. The van der Waals surface area contributed by atoms with Crippen molar-refractivity contribution in [2.24, 2.45) is 11.0 Å². The SMILES string of the molecule is COC1=CC=CC([C@H]2OC(CCN/C(=C\N=[N-])CC(=O)O)c3cccn3-c3ccc(Cl)cc32)C1OC. The van der Waals surface area contributed by atoms with Crippen molar-refractivity contribution in [2.45, 2.75) is 31.2 Å². The van der Waals surface area contributed by atoms with Crippen LogP contribution < -0.4 is 5.32 Å². The van der Waals surface area contributed by atoms with Crippen LogP contribution in [0.2, 0.25) is 5.02 Å². The lowest BCUT2D eigenvalue weighted by Gasteiger charge is -2.35. The number of aliphatic carboxylic acids is 1. The highest BCUT2D eigenvalue weighted by atomic mass is 35.5. The summed E-state index contributed by atoms with van der Waals surface area (Å²) in [7, 11) is 3.26. The van der Waals surface area contributed by atoms with E-state index in [9.17, 15) is 4.79 Å². The van der Waals surface area contributed by atoms with Crippen LogP contribution in [0, 0.1) is 5.92 Å². The fourth-order valence-corrected chi connectivity index (χ4v) is 4.99. The molecule has 2 aromatic rings. The minimum Gasteiger partial charge on any atom is -0.707 e. The molecule has 0 radical (unpaired) electrons. The summed E-state index contributed by atoms with van der Waals surface area (Å²) in [6.45, 7) is 0.395. The van der Waals surface area contributed by atoms with E-state index in [0.29, 0.717) is 29.4 Å². The number of fused-ring (bicyclic) bond motifs is 3. The molecular weight excluding hydrogens is 484 g/mol. The summed E-state index contributed by atoms with van der Waals surface area (Å²) in [5, 5.41) is 15.7. The van der Waals surface area contributed by atoms with Gasteiger partial charge in [-0.1, -0.05) is 23.8 Å². The average molecular weight is 512 g/mol. The lowest BCUT2D eigenvalue weighted by atomic mass is 9.86. The maximum absolute atomic E-state index is 11.1. The van der Waals surface area contributed by atoms with E-state index in [1.165, 1.54) is 0 Å². The number of aromatic nitrogens is 1. The molecule has 0 fully saturated rings. The predicted molar refractivity (Wildman–Crippen MR) is 135 cm³/mol. The molecule has 0 spiro atoms. The number of methoxy groups -OCH3 is 2. The quantitative estimate of drug-likeness (QED) is 0.418. The highest BCUT2D eigenvalue weighted by Crippen LogP contribution is 2.45. The van der Waals surface area contributed by atoms with Crippen molar-refractivity contribution in [1.29, 1.82) is 0 Å². The van der Waals surface area contributed by atoms with Gasteiger partial charge in [0.05, 0.1) is 31.0 Å². The van der Waals surface area contributed by atoms with Crippen LogP contribution in [0.15, 0.2) is 77.5 Å². The van der Waals surface area contributed by atoms with Gasteiger partial charge in [-0.25, -0.2) is 0 Å². The van der Waals surface area contributed by atoms with E-state index < -0.39 is 12.1 Å². The number of carbonyl (C=O) groups is 1. The number of hydrogen-bond donors (Lipinski definition) is 2. The fraction of sp³-hybridized carbons (Fsp3) is 0.346. The van der Waals surface area contributed by atoms with Crippen LogP contribution in [0.5, 0.6) is 0 Å². The van der Waals surface area contributed by atoms with Gasteiger partial charge < -0.3 is 39.8 Å². The Bertz CT molecular complexity index is 1200. The first-order chi connectivity index (χ1) is 17.5. The number of nitrogens with one attached hydrogen (secondary N) is 1. The van der Waals surface area contributed by atoms with Gasteiger partial charge in [-0.15, -0.1) is 0 Å². The summed E-state index contributed by atoms with van der Waals surface area (Å²) in [5.41, 5.74) is 12.0. The maximum Gasteiger partial charge on any atom is 0.309 e. The van der Waals surface area contributed by atoms with Crippen LogP contribution in [-0.2, 0) is 19.0 Å². The first-order valence-corrected chi connectivity index (χ1v) is 11.9. The second-order valence-electron chi connectivity index (χ2n) is 8.50. The molecule has 1 aromatic heterocycles. The van der Waals surface area contributed by atoms with Gasteiger partial charge in [0.1, 0.15) is 18.0 Å². The van der Waals surface area contributed by atoms with Gasteiger partial charge in [0.25, 0.3) is 0 Å². The summed E-state index contributed by atoms with van der Waals surface area (Å²) >= 11 is 6.44. The molecule has 2 aliphatic rings. The zero-order valence-electron chi connectivity index (χ0n) is 20.0. The number of hydrogen-bond acceptors (Lipinski definition) is 6. The number of carboxylic acids is 1. The van der Waals surface area contributed by atoms with Crippen LogP contribution >= 0.6 is 11.6 Å². The van der Waals surface area contributed by atoms with Gasteiger partial charge in [-0.05, 0) is 42.8 Å². The number of ether oxygens (including phenoxy) is 3. The molecule has 0 saturated heterocycles. The molecule has 0 bridgehead atoms. The molecule has 1 aliphatic heterocycles. The van der Waals surface area contributed by atoms with Gasteiger partial charge in [0.15, 0.2) is 0 Å². The van der Waals surface area contributed by atoms with Crippen molar-refractivity contribution in [1.82, 2.24) is 9.88 Å². The largest absolute Gasteiger partial charge is 0.707 e. The van der Waals surface area contributed by atoms with Crippen molar-refractivity contribution >= 4 is 17.6 Å². The maximum atomic E-state index is 11.1.